The molecule has 0 aromatic heterocycles. The van der Waals surface area contributed by atoms with E-state index in [1.165, 1.54) is 19.3 Å². The molecular formula is C28H33N3O2. The summed E-state index contributed by atoms with van der Waals surface area (Å²) in [5.41, 5.74) is 4.40. The highest BCUT2D eigenvalue weighted by Crippen LogP contribution is 2.87. The van der Waals surface area contributed by atoms with Crippen LogP contribution in [-0.4, -0.2) is 12.7 Å². The molecule has 0 radical (unpaired) electrons. The number of nitrogens with one attached hydrogen (secondary N) is 1. The van der Waals surface area contributed by atoms with Gasteiger partial charge in [-0.25, -0.2) is 4.79 Å². The molecule has 1 amide bonds. The molecule has 172 valence electrons. The van der Waals surface area contributed by atoms with Gasteiger partial charge in [0.1, 0.15) is 6.61 Å². The molecule has 4 aliphatic carbocycles. The minimum atomic E-state index is -0.446. The number of ether oxygens (including phenoxy) is 1. The van der Waals surface area contributed by atoms with Gasteiger partial charge in [-0.2, -0.15) is 10.2 Å². The summed E-state index contributed by atoms with van der Waals surface area (Å²) in [6, 6.07) is 16.8. The number of benzene rings is 2. The third kappa shape index (κ3) is 3.98. The normalized spacial score (nSPS) is 31.7. The van der Waals surface area contributed by atoms with Crippen molar-refractivity contribution in [3.05, 3.63) is 66.2 Å². The van der Waals surface area contributed by atoms with Crippen LogP contribution >= 0.6 is 0 Å². The Morgan fingerprint density at radius 3 is 2.27 bits per heavy atom. The number of nitrogens with zero attached hydrogens (tertiary/aromatic N) is 2. The van der Waals surface area contributed by atoms with Crippen LogP contribution < -0.4 is 5.32 Å². The summed E-state index contributed by atoms with van der Waals surface area (Å²) in [7, 11) is 0. The van der Waals surface area contributed by atoms with Crippen LogP contribution in [0.25, 0.3) is 0 Å². The molecule has 0 heterocycles. The van der Waals surface area contributed by atoms with E-state index in [9.17, 15) is 4.79 Å². The lowest BCUT2D eigenvalue weighted by atomic mass is 9.71. The van der Waals surface area contributed by atoms with E-state index in [-0.39, 0.29) is 0 Å². The van der Waals surface area contributed by atoms with E-state index in [0.717, 1.165) is 41.1 Å². The second-order valence-electron chi connectivity index (χ2n) is 10.5. The van der Waals surface area contributed by atoms with Crippen molar-refractivity contribution in [2.24, 2.45) is 38.8 Å². The summed E-state index contributed by atoms with van der Waals surface area (Å²) >= 11 is 0. The van der Waals surface area contributed by atoms with Crippen LogP contribution in [0.5, 0.6) is 0 Å². The summed E-state index contributed by atoms with van der Waals surface area (Å²) < 4.78 is 5.41. The molecule has 0 saturated heterocycles. The highest BCUT2D eigenvalue weighted by atomic mass is 16.5. The summed E-state index contributed by atoms with van der Waals surface area (Å²) in [6.45, 7) is 7.40. The second-order valence-corrected chi connectivity index (χ2v) is 10.5. The van der Waals surface area contributed by atoms with E-state index < -0.39 is 6.09 Å². The highest BCUT2D eigenvalue weighted by molar-refractivity contribution is 5.84. The zero-order chi connectivity index (χ0) is 23.1. The lowest BCUT2D eigenvalue weighted by Gasteiger charge is -2.34. The first-order valence-corrected chi connectivity index (χ1v) is 12.1. The Bertz CT molecular complexity index is 1060. The lowest BCUT2D eigenvalue weighted by Crippen LogP contribution is -2.26. The van der Waals surface area contributed by atoms with Crippen molar-refractivity contribution in [3.63, 3.8) is 0 Å². The maximum absolute atomic E-state index is 12.2. The number of allylic oxidation sites excluding steroid dienone is 1. The number of azo groups is 1. The quantitative estimate of drug-likeness (QED) is 0.331. The Morgan fingerprint density at radius 1 is 1.03 bits per heavy atom. The molecule has 6 rings (SSSR count). The first-order valence-electron chi connectivity index (χ1n) is 12.1. The van der Waals surface area contributed by atoms with Gasteiger partial charge in [0, 0.05) is 5.69 Å². The number of carbonyl (C=O) groups is 1. The van der Waals surface area contributed by atoms with Crippen molar-refractivity contribution in [1.82, 2.24) is 0 Å². The predicted molar refractivity (Wildman–Crippen MR) is 131 cm³/mol. The van der Waals surface area contributed by atoms with Crippen molar-refractivity contribution >= 4 is 23.2 Å². The lowest BCUT2D eigenvalue weighted by molar-refractivity contribution is 0.154. The molecule has 1 N–H and O–H groups in total. The Hall–Kier alpha value is -2.95. The first kappa shape index (κ1) is 21.9. The SMILES string of the molecule is C/C(=C\CCC1(C)C2CC3C(C2)C31C)COC(=O)Nc1ccc(N=Nc2ccccc2)cc1. The topological polar surface area (TPSA) is 63.0 Å². The highest BCUT2D eigenvalue weighted by Gasteiger charge is 2.80. The van der Waals surface area contributed by atoms with E-state index in [0.29, 0.717) is 23.1 Å². The molecule has 4 saturated carbocycles. The molecule has 5 nitrogen and oxygen atoms in total. The van der Waals surface area contributed by atoms with Crippen molar-refractivity contribution in [1.29, 1.82) is 0 Å². The monoisotopic (exact) mass is 443 g/mol. The van der Waals surface area contributed by atoms with Crippen molar-refractivity contribution in [2.45, 2.75) is 46.5 Å². The fourth-order valence-corrected chi connectivity index (χ4v) is 6.74. The Morgan fingerprint density at radius 2 is 1.67 bits per heavy atom. The van der Waals surface area contributed by atoms with E-state index in [1.807, 2.05) is 49.4 Å². The van der Waals surface area contributed by atoms with Gasteiger partial charge < -0.3 is 4.74 Å². The number of carbonyl (C=O) groups excluding carboxylic acids is 1. The van der Waals surface area contributed by atoms with Crippen molar-refractivity contribution in [3.8, 4) is 0 Å². The molecule has 4 bridgehead atoms. The summed E-state index contributed by atoms with van der Waals surface area (Å²) in [6.07, 6.45) is 7.04. The van der Waals surface area contributed by atoms with E-state index in [4.69, 9.17) is 4.74 Å². The van der Waals surface area contributed by atoms with Gasteiger partial charge in [0.05, 0.1) is 11.4 Å². The minimum Gasteiger partial charge on any atom is -0.445 e. The molecule has 4 aliphatic rings. The molecule has 33 heavy (non-hydrogen) atoms. The van der Waals surface area contributed by atoms with Crippen LogP contribution in [0.15, 0.2) is 76.5 Å². The van der Waals surface area contributed by atoms with Gasteiger partial charge in [-0.15, -0.1) is 0 Å². The summed E-state index contributed by atoms with van der Waals surface area (Å²) in [5, 5.41) is 11.2. The van der Waals surface area contributed by atoms with Crippen molar-refractivity contribution in [2.75, 3.05) is 11.9 Å². The molecule has 5 heteroatoms. The molecular weight excluding hydrogens is 410 g/mol. The number of anilines is 1. The number of amides is 1. The van der Waals surface area contributed by atoms with E-state index >= 15 is 0 Å². The average Bonchev–Trinajstić information content (AvgIpc) is 3.11. The van der Waals surface area contributed by atoms with Crippen LogP contribution in [0.2, 0.25) is 0 Å². The number of hydrogen-bond donors (Lipinski definition) is 1. The van der Waals surface area contributed by atoms with Gasteiger partial charge >= 0.3 is 6.09 Å². The molecule has 4 fully saturated rings. The Balaban J connectivity index is 1.05. The number of hydrogen-bond acceptors (Lipinski definition) is 4. The minimum absolute atomic E-state index is 0.317. The molecule has 0 aliphatic heterocycles. The standard InChI is InChI=1S/C28H33N3O2/c1-19(8-7-15-27(2)20-16-24-25(17-20)28(24,27)3)18-33-26(32)29-21-11-13-23(14-12-21)31-30-22-9-5-4-6-10-22/h4-6,8-14,20,24-25H,7,15-18H2,1-3H3,(H,29,32)/b19-8+,31-30?. The van der Waals surface area contributed by atoms with Gasteiger partial charge in [0.25, 0.3) is 0 Å². The van der Waals surface area contributed by atoms with E-state index in [2.05, 4.69) is 35.5 Å². The van der Waals surface area contributed by atoms with E-state index in [1.54, 1.807) is 12.1 Å². The smallest absolute Gasteiger partial charge is 0.411 e. The third-order valence-electron chi connectivity index (χ3n) is 8.86. The van der Waals surface area contributed by atoms with Gasteiger partial charge in [-0.3, -0.25) is 5.32 Å². The van der Waals surface area contributed by atoms with Crippen LogP contribution in [0.4, 0.5) is 21.9 Å². The average molecular weight is 444 g/mol. The molecule has 3 unspecified atom stereocenters. The third-order valence-corrected chi connectivity index (χ3v) is 8.86. The largest absolute Gasteiger partial charge is 0.445 e. The predicted octanol–water partition coefficient (Wildman–Crippen LogP) is 8.06. The zero-order valence-electron chi connectivity index (χ0n) is 19.8. The van der Waals surface area contributed by atoms with Crippen LogP contribution in [0.3, 0.4) is 0 Å². The van der Waals surface area contributed by atoms with Crippen LogP contribution in [-0.2, 0) is 4.74 Å². The Labute approximate surface area is 196 Å². The maximum Gasteiger partial charge on any atom is 0.411 e. The van der Waals surface area contributed by atoms with Crippen molar-refractivity contribution < 1.29 is 9.53 Å². The molecule has 0 spiro atoms. The fourth-order valence-electron chi connectivity index (χ4n) is 6.74. The van der Waals surface area contributed by atoms with Gasteiger partial charge in [-0.05, 0) is 103 Å². The summed E-state index contributed by atoms with van der Waals surface area (Å²) in [4.78, 5) is 12.2. The zero-order valence-corrected chi connectivity index (χ0v) is 19.8. The van der Waals surface area contributed by atoms with Crippen LogP contribution in [0.1, 0.15) is 46.5 Å². The molecule has 3 atom stereocenters. The Kier molecular flexibility index (Phi) is 5.59. The van der Waals surface area contributed by atoms with Crippen LogP contribution in [0, 0.1) is 28.6 Å². The maximum atomic E-state index is 12.2. The fraction of sp³-hybridized carbons (Fsp3) is 0.464. The van der Waals surface area contributed by atoms with Gasteiger partial charge in [0.2, 0.25) is 0 Å². The second kappa shape index (κ2) is 8.44. The molecule has 2 aromatic carbocycles. The van der Waals surface area contributed by atoms with Gasteiger partial charge in [-0.1, -0.05) is 38.1 Å². The van der Waals surface area contributed by atoms with Gasteiger partial charge in [0.15, 0.2) is 0 Å². The number of rotatable bonds is 8. The first-order chi connectivity index (χ1) is 15.9. The molecule has 2 aromatic rings. The summed E-state index contributed by atoms with van der Waals surface area (Å²) in [5.74, 6) is 2.94.